The zero-order chi connectivity index (χ0) is 15.6. The van der Waals surface area contributed by atoms with Crippen molar-refractivity contribution in [3.63, 3.8) is 0 Å². The highest BCUT2D eigenvalue weighted by Gasteiger charge is 2.19. The molecule has 21 heavy (non-hydrogen) atoms. The second kappa shape index (κ2) is 7.10. The Morgan fingerprint density at radius 1 is 0.952 bits per heavy atom. The molecule has 0 aliphatic carbocycles. The van der Waals surface area contributed by atoms with Crippen LogP contribution in [0.25, 0.3) is 0 Å². The van der Waals surface area contributed by atoms with Gasteiger partial charge in [0.15, 0.2) is 11.5 Å². The van der Waals surface area contributed by atoms with E-state index in [1.165, 1.54) is 0 Å². The van der Waals surface area contributed by atoms with Crippen LogP contribution < -0.4 is 9.47 Å². The van der Waals surface area contributed by atoms with Crippen LogP contribution in [-0.4, -0.2) is 14.2 Å². The van der Waals surface area contributed by atoms with Gasteiger partial charge in [0, 0.05) is 15.6 Å². The number of alkyl halides is 1. The van der Waals surface area contributed by atoms with Gasteiger partial charge in [0.2, 0.25) is 0 Å². The molecule has 1 unspecified atom stereocenters. The lowest BCUT2D eigenvalue weighted by atomic mass is 10.0. The third-order valence-corrected chi connectivity index (χ3v) is 5.04. The molecular formula is C15H12BrCl3O2. The first-order valence-electron chi connectivity index (χ1n) is 5.98. The molecule has 0 bridgehead atoms. The molecule has 0 spiro atoms. The molecule has 0 saturated carbocycles. The minimum Gasteiger partial charge on any atom is -0.493 e. The highest BCUT2D eigenvalue weighted by molar-refractivity contribution is 9.10. The van der Waals surface area contributed by atoms with Crippen LogP contribution in [0.2, 0.25) is 10.0 Å². The Bertz CT molecular complexity index is 662. The Hall–Kier alpha value is -0.610. The first kappa shape index (κ1) is 16.8. The van der Waals surface area contributed by atoms with Gasteiger partial charge in [-0.15, -0.1) is 11.6 Å². The third kappa shape index (κ3) is 3.59. The zero-order valence-corrected chi connectivity index (χ0v) is 15.1. The summed E-state index contributed by atoms with van der Waals surface area (Å²) in [6, 6.07) is 8.98. The van der Waals surface area contributed by atoms with E-state index in [1.54, 1.807) is 32.4 Å². The molecule has 2 rings (SSSR count). The van der Waals surface area contributed by atoms with Crippen LogP contribution in [-0.2, 0) is 0 Å². The molecule has 0 aliphatic heterocycles. The fourth-order valence-electron chi connectivity index (χ4n) is 1.91. The van der Waals surface area contributed by atoms with Crippen molar-refractivity contribution in [3.05, 3.63) is 56.0 Å². The van der Waals surface area contributed by atoms with Gasteiger partial charge >= 0.3 is 0 Å². The molecule has 0 aromatic heterocycles. The van der Waals surface area contributed by atoms with E-state index < -0.39 is 5.38 Å². The van der Waals surface area contributed by atoms with E-state index in [9.17, 15) is 0 Å². The fraction of sp³-hybridized carbons (Fsp3) is 0.200. The quantitative estimate of drug-likeness (QED) is 0.567. The van der Waals surface area contributed by atoms with Crippen molar-refractivity contribution in [2.45, 2.75) is 5.38 Å². The van der Waals surface area contributed by atoms with Crippen LogP contribution in [0.1, 0.15) is 16.5 Å². The summed E-state index contributed by atoms with van der Waals surface area (Å²) in [7, 11) is 3.12. The molecule has 1 atom stereocenters. The highest BCUT2D eigenvalue weighted by Crippen LogP contribution is 2.41. The van der Waals surface area contributed by atoms with Gasteiger partial charge in [0.25, 0.3) is 0 Å². The lowest BCUT2D eigenvalue weighted by molar-refractivity contribution is 0.354. The second-order valence-electron chi connectivity index (χ2n) is 4.26. The molecule has 0 N–H and O–H groups in total. The second-order valence-corrected chi connectivity index (χ2v) is 6.37. The van der Waals surface area contributed by atoms with E-state index in [2.05, 4.69) is 15.9 Å². The molecule has 0 saturated heterocycles. The monoisotopic (exact) mass is 408 g/mol. The molecule has 112 valence electrons. The van der Waals surface area contributed by atoms with Crippen molar-refractivity contribution in [2.24, 2.45) is 0 Å². The molecule has 0 aliphatic rings. The van der Waals surface area contributed by atoms with Gasteiger partial charge in [-0.05, 0) is 45.3 Å². The number of halogens is 4. The molecule has 0 amide bonds. The predicted molar refractivity (Wildman–Crippen MR) is 91.4 cm³/mol. The molecule has 0 radical (unpaired) electrons. The number of ether oxygens (including phenoxy) is 2. The standard InChI is InChI=1S/C15H12BrCl3O2/c1-20-13-6-9(12(18)7-14(13)21-2)15(19)8-3-4-11(17)10(16)5-8/h3-7,15H,1-2H3. The number of rotatable bonds is 4. The van der Waals surface area contributed by atoms with Gasteiger partial charge in [0.05, 0.1) is 24.6 Å². The summed E-state index contributed by atoms with van der Waals surface area (Å²) in [6.07, 6.45) is 0. The summed E-state index contributed by atoms with van der Waals surface area (Å²) in [4.78, 5) is 0. The summed E-state index contributed by atoms with van der Waals surface area (Å²) < 4.78 is 11.3. The Morgan fingerprint density at radius 3 is 2.14 bits per heavy atom. The summed E-state index contributed by atoms with van der Waals surface area (Å²) in [5.41, 5.74) is 1.62. The number of methoxy groups -OCH3 is 2. The van der Waals surface area contributed by atoms with Crippen LogP contribution >= 0.6 is 50.7 Å². The minimum atomic E-state index is -0.425. The van der Waals surface area contributed by atoms with Crippen molar-refractivity contribution in [1.29, 1.82) is 0 Å². The SMILES string of the molecule is COc1cc(Cl)c(C(Cl)c2ccc(Cl)c(Br)c2)cc1OC. The average molecular weight is 411 g/mol. The number of benzene rings is 2. The van der Waals surface area contributed by atoms with Crippen molar-refractivity contribution < 1.29 is 9.47 Å². The van der Waals surface area contributed by atoms with E-state index >= 15 is 0 Å². The van der Waals surface area contributed by atoms with E-state index in [0.29, 0.717) is 21.5 Å². The molecule has 0 heterocycles. The fourth-order valence-corrected chi connectivity index (χ4v) is 3.06. The van der Waals surface area contributed by atoms with Crippen molar-refractivity contribution in [3.8, 4) is 11.5 Å². The van der Waals surface area contributed by atoms with Gasteiger partial charge in [-0.2, -0.15) is 0 Å². The summed E-state index contributed by atoms with van der Waals surface area (Å²) in [5, 5.41) is 0.714. The zero-order valence-electron chi connectivity index (χ0n) is 11.3. The Labute approximate surface area is 147 Å². The van der Waals surface area contributed by atoms with Gasteiger partial charge in [-0.1, -0.05) is 29.3 Å². The third-order valence-electron chi connectivity index (χ3n) is 3.01. The maximum atomic E-state index is 6.54. The van der Waals surface area contributed by atoms with Crippen LogP contribution in [0.3, 0.4) is 0 Å². The van der Waals surface area contributed by atoms with Crippen molar-refractivity contribution >= 4 is 50.7 Å². The van der Waals surface area contributed by atoms with Gasteiger partial charge in [0.1, 0.15) is 0 Å². The Morgan fingerprint density at radius 2 is 1.57 bits per heavy atom. The van der Waals surface area contributed by atoms with Gasteiger partial charge < -0.3 is 9.47 Å². The topological polar surface area (TPSA) is 18.5 Å². The molecular weight excluding hydrogens is 398 g/mol. The lowest BCUT2D eigenvalue weighted by Crippen LogP contribution is -1.98. The van der Waals surface area contributed by atoms with Crippen molar-refractivity contribution in [1.82, 2.24) is 0 Å². The summed E-state index contributed by atoms with van der Waals surface area (Å²) in [5.74, 6) is 1.14. The minimum absolute atomic E-state index is 0.425. The first-order valence-corrected chi connectivity index (χ1v) is 7.97. The van der Waals surface area contributed by atoms with E-state index in [0.717, 1.165) is 15.6 Å². The number of hydrogen-bond donors (Lipinski definition) is 0. The maximum absolute atomic E-state index is 6.54. The summed E-state index contributed by atoms with van der Waals surface area (Å²) in [6.45, 7) is 0. The van der Waals surface area contributed by atoms with Crippen LogP contribution in [0.15, 0.2) is 34.8 Å². The molecule has 2 aromatic carbocycles. The predicted octanol–water partition coefficient (Wildman–Crippen LogP) is 6.10. The van der Waals surface area contributed by atoms with E-state index in [4.69, 9.17) is 44.3 Å². The van der Waals surface area contributed by atoms with Crippen LogP contribution in [0.4, 0.5) is 0 Å². The normalized spacial score (nSPS) is 12.1. The van der Waals surface area contributed by atoms with Crippen LogP contribution in [0.5, 0.6) is 11.5 Å². The average Bonchev–Trinajstić information content (AvgIpc) is 2.49. The van der Waals surface area contributed by atoms with E-state index in [1.807, 2.05) is 12.1 Å². The highest BCUT2D eigenvalue weighted by atomic mass is 79.9. The first-order chi connectivity index (χ1) is 9.97. The largest absolute Gasteiger partial charge is 0.493 e. The Kier molecular flexibility index (Phi) is 5.67. The van der Waals surface area contributed by atoms with Gasteiger partial charge in [-0.25, -0.2) is 0 Å². The van der Waals surface area contributed by atoms with Gasteiger partial charge in [-0.3, -0.25) is 0 Å². The molecule has 2 aromatic rings. The number of hydrogen-bond acceptors (Lipinski definition) is 2. The van der Waals surface area contributed by atoms with Crippen LogP contribution in [0, 0.1) is 0 Å². The smallest absolute Gasteiger partial charge is 0.162 e. The Balaban J connectivity index is 2.47. The lowest BCUT2D eigenvalue weighted by Gasteiger charge is -2.16. The molecule has 6 heteroatoms. The molecule has 0 fully saturated rings. The van der Waals surface area contributed by atoms with E-state index in [-0.39, 0.29) is 0 Å². The van der Waals surface area contributed by atoms with Crippen molar-refractivity contribution in [2.75, 3.05) is 14.2 Å². The molecule has 2 nitrogen and oxygen atoms in total. The maximum Gasteiger partial charge on any atom is 0.162 e. The summed E-state index contributed by atoms with van der Waals surface area (Å²) >= 11 is 22.2.